The van der Waals surface area contributed by atoms with Crippen LogP contribution < -0.4 is 10.6 Å². The minimum atomic E-state index is -0.972. The molecule has 0 atom stereocenters. The van der Waals surface area contributed by atoms with Crippen molar-refractivity contribution in [1.29, 1.82) is 0 Å². The Balaban J connectivity index is 1.89. The number of halogens is 2. The molecule has 1 aromatic carbocycles. The van der Waals surface area contributed by atoms with Crippen molar-refractivity contribution in [3.05, 3.63) is 36.0 Å². The summed E-state index contributed by atoms with van der Waals surface area (Å²) < 4.78 is 32.9. The topological polar surface area (TPSA) is 90.0 Å². The van der Waals surface area contributed by atoms with Gasteiger partial charge in [0, 0.05) is 18.7 Å². The van der Waals surface area contributed by atoms with Gasteiger partial charge in [0.15, 0.2) is 28.6 Å². The van der Waals surface area contributed by atoms with Crippen LogP contribution in [0, 0.1) is 11.6 Å². The van der Waals surface area contributed by atoms with E-state index in [4.69, 9.17) is 10.5 Å². The molecular weight excluding hydrogens is 330 g/mol. The summed E-state index contributed by atoms with van der Waals surface area (Å²) in [7, 11) is 0. The highest BCUT2D eigenvalue weighted by molar-refractivity contribution is 5.85. The first-order valence-corrected chi connectivity index (χ1v) is 7.71. The third-order valence-electron chi connectivity index (χ3n) is 3.94. The van der Waals surface area contributed by atoms with Crippen LogP contribution in [-0.2, 0) is 4.74 Å². The molecule has 0 amide bonds. The van der Waals surface area contributed by atoms with E-state index < -0.39 is 11.6 Å². The number of anilines is 2. The summed E-state index contributed by atoms with van der Waals surface area (Å²) in [5.41, 5.74) is 6.68. The first kappa shape index (κ1) is 15.6. The van der Waals surface area contributed by atoms with Crippen LogP contribution in [0.5, 0.6) is 0 Å². The van der Waals surface area contributed by atoms with E-state index in [1.165, 1.54) is 18.3 Å². The number of ether oxygens (including phenoxy) is 1. The number of hydrogen-bond donors (Lipinski definition) is 1. The predicted octanol–water partition coefficient (Wildman–Crippen LogP) is 1.78. The summed E-state index contributed by atoms with van der Waals surface area (Å²) in [4.78, 5) is 18.9. The summed E-state index contributed by atoms with van der Waals surface area (Å²) in [5, 5.41) is 0. The Morgan fingerprint density at radius 3 is 2.68 bits per heavy atom. The Kier molecular flexibility index (Phi) is 3.85. The van der Waals surface area contributed by atoms with Gasteiger partial charge in [0.05, 0.1) is 25.1 Å². The van der Waals surface area contributed by atoms with Gasteiger partial charge in [-0.3, -0.25) is 0 Å². The van der Waals surface area contributed by atoms with Crippen molar-refractivity contribution >= 4 is 22.9 Å². The minimum absolute atomic E-state index is 0.0270. The summed E-state index contributed by atoms with van der Waals surface area (Å²) in [6.45, 7) is 2.34. The molecule has 128 valence electrons. The van der Waals surface area contributed by atoms with Crippen LogP contribution in [-0.4, -0.2) is 46.2 Å². The van der Waals surface area contributed by atoms with Gasteiger partial charge in [0.1, 0.15) is 0 Å². The highest BCUT2D eigenvalue weighted by atomic mass is 19.2. The molecule has 4 rings (SSSR count). The average molecular weight is 344 g/mol. The summed E-state index contributed by atoms with van der Waals surface area (Å²) in [6, 6.07) is 3.92. The lowest BCUT2D eigenvalue weighted by Crippen LogP contribution is -2.37. The van der Waals surface area contributed by atoms with E-state index in [1.807, 2.05) is 4.90 Å². The maximum Gasteiger partial charge on any atom is 0.224 e. The van der Waals surface area contributed by atoms with Crippen LogP contribution >= 0.6 is 0 Å². The summed E-state index contributed by atoms with van der Waals surface area (Å²) in [6.07, 6.45) is 1.34. The fraction of sp³-hybridized carbons (Fsp3) is 0.250. The molecule has 2 aromatic heterocycles. The number of nitrogen functional groups attached to an aromatic ring is 1. The van der Waals surface area contributed by atoms with Crippen molar-refractivity contribution in [2.75, 3.05) is 36.9 Å². The van der Waals surface area contributed by atoms with E-state index in [9.17, 15) is 8.78 Å². The fourth-order valence-corrected chi connectivity index (χ4v) is 2.74. The van der Waals surface area contributed by atoms with Gasteiger partial charge >= 0.3 is 0 Å². The third-order valence-corrected chi connectivity index (χ3v) is 3.94. The molecule has 1 aliphatic rings. The van der Waals surface area contributed by atoms with Crippen molar-refractivity contribution < 1.29 is 13.5 Å². The summed E-state index contributed by atoms with van der Waals surface area (Å²) in [5.74, 6) is -1.33. The zero-order valence-corrected chi connectivity index (χ0v) is 13.1. The van der Waals surface area contributed by atoms with E-state index in [2.05, 4.69) is 19.9 Å². The Labute approximate surface area is 141 Å². The molecule has 0 bridgehead atoms. The van der Waals surface area contributed by atoms with Crippen molar-refractivity contribution in [2.45, 2.75) is 0 Å². The summed E-state index contributed by atoms with van der Waals surface area (Å²) >= 11 is 0. The molecule has 0 saturated carbocycles. The van der Waals surface area contributed by atoms with Crippen molar-refractivity contribution in [3.8, 4) is 11.3 Å². The molecule has 1 aliphatic heterocycles. The Morgan fingerprint density at radius 2 is 1.88 bits per heavy atom. The predicted molar refractivity (Wildman–Crippen MR) is 87.9 cm³/mol. The first-order valence-electron chi connectivity index (χ1n) is 7.71. The second-order valence-electron chi connectivity index (χ2n) is 5.53. The molecular formula is C16H14F2N6O. The normalized spacial score (nSPS) is 14.9. The van der Waals surface area contributed by atoms with E-state index in [-0.39, 0.29) is 17.2 Å². The zero-order chi connectivity index (χ0) is 17.4. The first-order chi connectivity index (χ1) is 12.1. The molecule has 0 radical (unpaired) electrons. The van der Waals surface area contributed by atoms with Gasteiger partial charge in [-0.2, -0.15) is 9.97 Å². The van der Waals surface area contributed by atoms with Gasteiger partial charge in [-0.25, -0.2) is 18.7 Å². The highest BCUT2D eigenvalue weighted by Crippen LogP contribution is 2.27. The lowest BCUT2D eigenvalue weighted by Gasteiger charge is -2.28. The van der Waals surface area contributed by atoms with Crippen LogP contribution in [0.1, 0.15) is 0 Å². The van der Waals surface area contributed by atoms with Gasteiger partial charge in [0.25, 0.3) is 0 Å². The van der Waals surface area contributed by atoms with Gasteiger partial charge < -0.3 is 15.4 Å². The van der Waals surface area contributed by atoms with Gasteiger partial charge in [-0.1, -0.05) is 6.07 Å². The Morgan fingerprint density at radius 1 is 1.08 bits per heavy atom. The molecule has 7 nitrogen and oxygen atoms in total. The average Bonchev–Trinajstić information content (AvgIpc) is 2.64. The second-order valence-corrected chi connectivity index (χ2v) is 5.53. The Bertz CT molecular complexity index is 945. The number of fused-ring (bicyclic) bond motifs is 1. The lowest BCUT2D eigenvalue weighted by atomic mass is 10.1. The van der Waals surface area contributed by atoms with Gasteiger partial charge in [-0.15, -0.1) is 0 Å². The van der Waals surface area contributed by atoms with Crippen LogP contribution in [0.2, 0.25) is 0 Å². The molecule has 1 fully saturated rings. The van der Waals surface area contributed by atoms with E-state index >= 15 is 0 Å². The van der Waals surface area contributed by atoms with Crippen LogP contribution in [0.25, 0.3) is 22.4 Å². The Hall–Kier alpha value is -2.94. The molecule has 2 N–H and O–H groups in total. The standard InChI is InChI=1S/C16H14F2N6O/c17-10-3-1-2-9(12(10)18)11-8-20-14-13(21-11)15(23-16(19)22-14)24-4-6-25-7-5-24/h1-3,8H,4-7H2,(H2,19,20,22,23). The maximum atomic E-state index is 14.1. The number of nitrogens with two attached hydrogens (primary N) is 1. The number of hydrogen-bond acceptors (Lipinski definition) is 7. The monoisotopic (exact) mass is 344 g/mol. The van der Waals surface area contributed by atoms with Gasteiger partial charge in [-0.05, 0) is 12.1 Å². The van der Waals surface area contributed by atoms with Crippen molar-refractivity contribution in [3.63, 3.8) is 0 Å². The van der Waals surface area contributed by atoms with Crippen molar-refractivity contribution in [2.24, 2.45) is 0 Å². The highest BCUT2D eigenvalue weighted by Gasteiger charge is 2.20. The fourth-order valence-electron chi connectivity index (χ4n) is 2.74. The molecule has 0 unspecified atom stereocenters. The molecule has 9 heteroatoms. The molecule has 0 spiro atoms. The second kappa shape index (κ2) is 6.17. The molecule has 0 aliphatic carbocycles. The third kappa shape index (κ3) is 2.82. The van der Waals surface area contributed by atoms with Gasteiger partial charge in [0.2, 0.25) is 5.95 Å². The lowest BCUT2D eigenvalue weighted by molar-refractivity contribution is 0.122. The molecule has 3 aromatic rings. The van der Waals surface area contributed by atoms with E-state index in [0.29, 0.717) is 43.3 Å². The maximum absolute atomic E-state index is 14.1. The number of morpholine rings is 1. The quantitative estimate of drug-likeness (QED) is 0.758. The van der Waals surface area contributed by atoms with Crippen LogP contribution in [0.3, 0.4) is 0 Å². The SMILES string of the molecule is Nc1nc(N2CCOCC2)c2nc(-c3cccc(F)c3F)cnc2n1. The number of rotatable bonds is 2. The smallest absolute Gasteiger partial charge is 0.224 e. The molecule has 25 heavy (non-hydrogen) atoms. The van der Waals surface area contributed by atoms with E-state index in [0.717, 1.165) is 6.07 Å². The zero-order valence-electron chi connectivity index (χ0n) is 13.1. The number of aromatic nitrogens is 4. The van der Waals surface area contributed by atoms with Crippen LogP contribution in [0.4, 0.5) is 20.5 Å². The van der Waals surface area contributed by atoms with Crippen LogP contribution in [0.15, 0.2) is 24.4 Å². The van der Waals surface area contributed by atoms with Crippen molar-refractivity contribution in [1.82, 2.24) is 19.9 Å². The molecule has 3 heterocycles. The molecule has 1 saturated heterocycles. The minimum Gasteiger partial charge on any atom is -0.378 e. The largest absolute Gasteiger partial charge is 0.378 e. The number of nitrogens with zero attached hydrogens (tertiary/aromatic N) is 5. The van der Waals surface area contributed by atoms with E-state index in [1.54, 1.807) is 0 Å². The number of benzene rings is 1.